The minimum atomic E-state index is 0.129. The van der Waals surface area contributed by atoms with Gasteiger partial charge in [0.25, 0.3) is 0 Å². The molecule has 0 bridgehead atoms. The van der Waals surface area contributed by atoms with E-state index in [4.69, 9.17) is 9.47 Å². The van der Waals surface area contributed by atoms with Gasteiger partial charge in [-0.05, 0) is 48.1 Å². The second-order valence-electron chi connectivity index (χ2n) is 3.49. The van der Waals surface area contributed by atoms with Gasteiger partial charge < -0.3 is 9.47 Å². The molecule has 88 valence electrons. The number of benzene rings is 1. The summed E-state index contributed by atoms with van der Waals surface area (Å²) in [5.41, 5.74) is 0.595. The second kappa shape index (κ2) is 6.08. The Morgan fingerprint density at radius 2 is 2.19 bits per heavy atom. The maximum atomic E-state index is 10.7. The van der Waals surface area contributed by atoms with Gasteiger partial charge in [-0.1, -0.05) is 6.92 Å². The van der Waals surface area contributed by atoms with Crippen molar-refractivity contribution in [1.29, 1.82) is 0 Å². The minimum Gasteiger partial charge on any atom is -0.493 e. The van der Waals surface area contributed by atoms with Crippen molar-refractivity contribution in [2.75, 3.05) is 7.11 Å². The van der Waals surface area contributed by atoms with Gasteiger partial charge in [-0.15, -0.1) is 0 Å². The van der Waals surface area contributed by atoms with E-state index in [1.54, 1.807) is 19.2 Å². The molecule has 0 saturated heterocycles. The Kier molecular flexibility index (Phi) is 5.05. The third kappa shape index (κ3) is 3.10. The van der Waals surface area contributed by atoms with Gasteiger partial charge in [0.1, 0.15) is 6.29 Å². The number of aldehydes is 1. The highest BCUT2D eigenvalue weighted by atomic mass is 127. The topological polar surface area (TPSA) is 35.5 Å². The highest BCUT2D eigenvalue weighted by molar-refractivity contribution is 14.1. The van der Waals surface area contributed by atoms with Crippen LogP contribution in [0.25, 0.3) is 0 Å². The van der Waals surface area contributed by atoms with Crippen LogP contribution in [-0.4, -0.2) is 19.5 Å². The molecule has 16 heavy (non-hydrogen) atoms. The molecular weight excluding hydrogens is 319 g/mol. The molecule has 0 aliphatic rings. The molecule has 3 nitrogen and oxygen atoms in total. The number of ether oxygens (including phenoxy) is 2. The van der Waals surface area contributed by atoms with Crippen LogP contribution in [-0.2, 0) is 0 Å². The monoisotopic (exact) mass is 334 g/mol. The molecule has 0 fully saturated rings. The zero-order chi connectivity index (χ0) is 12.1. The first-order valence-corrected chi connectivity index (χ1v) is 6.19. The smallest absolute Gasteiger partial charge is 0.174 e. The fourth-order valence-corrected chi connectivity index (χ4v) is 1.96. The molecule has 0 radical (unpaired) electrons. The summed E-state index contributed by atoms with van der Waals surface area (Å²) in [6, 6.07) is 3.47. The first kappa shape index (κ1) is 13.3. The van der Waals surface area contributed by atoms with Gasteiger partial charge in [0.15, 0.2) is 11.5 Å². The van der Waals surface area contributed by atoms with Crippen LogP contribution in [0.1, 0.15) is 30.6 Å². The number of carbonyl (C=O) groups is 1. The molecule has 0 spiro atoms. The van der Waals surface area contributed by atoms with Crippen LogP contribution in [0.15, 0.2) is 12.1 Å². The molecule has 0 amide bonds. The van der Waals surface area contributed by atoms with Crippen molar-refractivity contribution in [3.63, 3.8) is 0 Å². The zero-order valence-corrected chi connectivity index (χ0v) is 11.8. The molecular formula is C12H15IO3. The predicted molar refractivity (Wildman–Crippen MR) is 71.5 cm³/mol. The Hall–Kier alpha value is -0.780. The largest absolute Gasteiger partial charge is 0.493 e. The van der Waals surface area contributed by atoms with Crippen molar-refractivity contribution >= 4 is 28.9 Å². The summed E-state index contributed by atoms with van der Waals surface area (Å²) < 4.78 is 11.9. The van der Waals surface area contributed by atoms with Gasteiger partial charge in [-0.3, -0.25) is 4.79 Å². The van der Waals surface area contributed by atoms with E-state index >= 15 is 0 Å². The number of halogens is 1. The normalized spacial score (nSPS) is 12.0. The molecule has 4 heteroatoms. The van der Waals surface area contributed by atoms with Gasteiger partial charge in [-0.2, -0.15) is 0 Å². The third-order valence-corrected chi connectivity index (χ3v) is 3.08. The van der Waals surface area contributed by atoms with E-state index in [0.717, 1.165) is 16.3 Å². The predicted octanol–water partition coefficient (Wildman–Crippen LogP) is 3.29. The minimum absolute atomic E-state index is 0.129. The van der Waals surface area contributed by atoms with E-state index < -0.39 is 0 Å². The quantitative estimate of drug-likeness (QED) is 0.612. The number of methoxy groups -OCH3 is 1. The van der Waals surface area contributed by atoms with Crippen LogP contribution in [0.3, 0.4) is 0 Å². The summed E-state index contributed by atoms with van der Waals surface area (Å²) in [4.78, 5) is 10.7. The van der Waals surface area contributed by atoms with E-state index in [1.165, 1.54) is 0 Å². The van der Waals surface area contributed by atoms with Crippen molar-refractivity contribution in [3.05, 3.63) is 21.3 Å². The number of rotatable bonds is 5. The summed E-state index contributed by atoms with van der Waals surface area (Å²) >= 11 is 2.14. The van der Waals surface area contributed by atoms with E-state index in [2.05, 4.69) is 29.5 Å². The van der Waals surface area contributed by atoms with Gasteiger partial charge >= 0.3 is 0 Å². The SMILES string of the molecule is CCC(C)Oc1c(I)cc(C=O)cc1OC. The molecule has 0 aliphatic heterocycles. The summed E-state index contributed by atoms with van der Waals surface area (Å²) in [5, 5.41) is 0. The van der Waals surface area contributed by atoms with E-state index in [-0.39, 0.29) is 6.10 Å². The average molecular weight is 334 g/mol. The number of hydrogen-bond acceptors (Lipinski definition) is 3. The van der Waals surface area contributed by atoms with E-state index in [1.807, 2.05) is 6.92 Å². The molecule has 1 aromatic rings. The van der Waals surface area contributed by atoms with Crippen molar-refractivity contribution < 1.29 is 14.3 Å². The van der Waals surface area contributed by atoms with E-state index in [9.17, 15) is 4.79 Å². The highest BCUT2D eigenvalue weighted by Crippen LogP contribution is 2.34. The molecule has 1 unspecified atom stereocenters. The molecule has 0 aliphatic carbocycles. The lowest BCUT2D eigenvalue weighted by Crippen LogP contribution is -2.11. The third-order valence-electron chi connectivity index (χ3n) is 2.28. The van der Waals surface area contributed by atoms with Gasteiger partial charge in [-0.25, -0.2) is 0 Å². The lowest BCUT2D eigenvalue weighted by molar-refractivity contribution is 0.112. The molecule has 1 atom stereocenters. The first-order chi connectivity index (χ1) is 7.62. The summed E-state index contributed by atoms with van der Waals surface area (Å²) in [6.45, 7) is 4.06. The fourth-order valence-electron chi connectivity index (χ4n) is 1.21. The first-order valence-electron chi connectivity index (χ1n) is 5.11. The van der Waals surface area contributed by atoms with Crippen LogP contribution in [0.2, 0.25) is 0 Å². The fraction of sp³-hybridized carbons (Fsp3) is 0.417. The maximum absolute atomic E-state index is 10.7. The molecule has 0 saturated carbocycles. The lowest BCUT2D eigenvalue weighted by Gasteiger charge is -2.17. The van der Waals surface area contributed by atoms with Crippen LogP contribution in [0.5, 0.6) is 11.5 Å². The van der Waals surface area contributed by atoms with Crippen LogP contribution < -0.4 is 9.47 Å². The van der Waals surface area contributed by atoms with Crippen molar-refractivity contribution in [2.24, 2.45) is 0 Å². The van der Waals surface area contributed by atoms with Gasteiger partial charge in [0.2, 0.25) is 0 Å². The van der Waals surface area contributed by atoms with Crippen LogP contribution in [0, 0.1) is 3.57 Å². The maximum Gasteiger partial charge on any atom is 0.174 e. The Bertz CT molecular complexity index is 377. The molecule has 0 aromatic heterocycles. The summed E-state index contributed by atoms with van der Waals surface area (Å²) in [7, 11) is 1.57. The van der Waals surface area contributed by atoms with Gasteiger partial charge in [0, 0.05) is 5.56 Å². The summed E-state index contributed by atoms with van der Waals surface area (Å²) in [6.07, 6.45) is 1.86. The Morgan fingerprint density at radius 1 is 1.50 bits per heavy atom. The van der Waals surface area contributed by atoms with Crippen molar-refractivity contribution in [3.8, 4) is 11.5 Å². The van der Waals surface area contributed by atoms with Crippen molar-refractivity contribution in [2.45, 2.75) is 26.4 Å². The molecule has 1 rings (SSSR count). The van der Waals surface area contributed by atoms with Crippen LogP contribution in [0.4, 0.5) is 0 Å². The van der Waals surface area contributed by atoms with Crippen molar-refractivity contribution in [1.82, 2.24) is 0 Å². The number of carbonyl (C=O) groups excluding carboxylic acids is 1. The highest BCUT2D eigenvalue weighted by Gasteiger charge is 2.13. The second-order valence-corrected chi connectivity index (χ2v) is 4.65. The van der Waals surface area contributed by atoms with Crippen LogP contribution >= 0.6 is 22.6 Å². The Labute approximate surface area is 109 Å². The zero-order valence-electron chi connectivity index (χ0n) is 9.62. The van der Waals surface area contributed by atoms with Gasteiger partial charge in [0.05, 0.1) is 16.8 Å². The van der Waals surface area contributed by atoms with E-state index in [0.29, 0.717) is 17.1 Å². The summed E-state index contributed by atoms with van der Waals surface area (Å²) in [5.74, 6) is 1.32. The molecule has 0 N–H and O–H groups in total. The molecule has 0 heterocycles. The average Bonchev–Trinajstić information content (AvgIpc) is 2.30. The Morgan fingerprint density at radius 3 is 2.69 bits per heavy atom. The molecule has 1 aromatic carbocycles. The standard InChI is InChI=1S/C12H15IO3/c1-4-8(2)16-12-10(13)5-9(7-14)6-11(12)15-3/h5-8H,4H2,1-3H3. The number of hydrogen-bond donors (Lipinski definition) is 0. The Balaban J connectivity index is 3.11. The lowest BCUT2D eigenvalue weighted by atomic mass is 10.2.